The van der Waals surface area contributed by atoms with Crippen molar-refractivity contribution in [1.82, 2.24) is 4.37 Å². The third kappa shape index (κ3) is 1.12. The summed E-state index contributed by atoms with van der Waals surface area (Å²) in [5.41, 5.74) is 0.986. The van der Waals surface area contributed by atoms with Crippen LogP contribution in [0.25, 0.3) is 10.9 Å². The largest absolute Gasteiger partial charge is 0.303 e. The van der Waals surface area contributed by atoms with Gasteiger partial charge in [0.05, 0.1) is 5.52 Å². The summed E-state index contributed by atoms with van der Waals surface area (Å²) in [6.07, 6.45) is 1.39. The van der Waals surface area contributed by atoms with E-state index in [9.17, 15) is 4.79 Å². The fraction of sp³-hybridized carbons (Fsp3) is 0.111. The third-order valence-electron chi connectivity index (χ3n) is 1.73. The first-order valence-electron chi connectivity index (χ1n) is 3.69. The minimum Gasteiger partial charge on any atom is -0.303 e. The number of nitrogens with zero attached hydrogens (tertiary/aromatic N) is 1. The molecule has 1 aromatic carbocycles. The van der Waals surface area contributed by atoms with Gasteiger partial charge in [0.15, 0.2) is 0 Å². The molecule has 0 unspecified atom stereocenters. The molecule has 0 saturated heterocycles. The molecule has 2 aromatic rings. The lowest BCUT2D eigenvalue weighted by Gasteiger charge is -1.88. The first-order valence-corrected chi connectivity index (χ1v) is 4.46. The molecule has 0 aliphatic rings. The van der Waals surface area contributed by atoms with E-state index in [0.717, 1.165) is 22.1 Å². The molecule has 0 radical (unpaired) electrons. The zero-order valence-electron chi connectivity index (χ0n) is 6.36. The van der Waals surface area contributed by atoms with Crippen molar-refractivity contribution in [2.45, 2.75) is 6.42 Å². The highest BCUT2D eigenvalue weighted by Gasteiger charge is 2.02. The van der Waals surface area contributed by atoms with E-state index in [2.05, 4.69) is 4.37 Å². The van der Waals surface area contributed by atoms with Crippen LogP contribution in [-0.4, -0.2) is 10.7 Å². The molecule has 0 saturated carbocycles. The van der Waals surface area contributed by atoms with E-state index in [0.29, 0.717) is 6.42 Å². The number of aldehydes is 1. The highest BCUT2D eigenvalue weighted by Crippen LogP contribution is 2.21. The molecule has 0 N–H and O–H groups in total. The van der Waals surface area contributed by atoms with Gasteiger partial charge in [0.1, 0.15) is 6.29 Å². The Labute approximate surface area is 74.0 Å². The normalized spacial score (nSPS) is 10.3. The minimum absolute atomic E-state index is 0.477. The summed E-state index contributed by atoms with van der Waals surface area (Å²) in [6.45, 7) is 0. The van der Waals surface area contributed by atoms with Crippen molar-refractivity contribution in [2.75, 3.05) is 0 Å². The first-order chi connectivity index (χ1) is 5.92. The third-order valence-corrected chi connectivity index (χ3v) is 2.62. The Morgan fingerprint density at radius 1 is 1.42 bits per heavy atom. The van der Waals surface area contributed by atoms with Gasteiger partial charge in [-0.3, -0.25) is 0 Å². The van der Waals surface area contributed by atoms with Crippen molar-refractivity contribution in [3.05, 3.63) is 29.1 Å². The van der Waals surface area contributed by atoms with Crippen LogP contribution in [0.1, 0.15) is 4.88 Å². The second kappa shape index (κ2) is 3.03. The maximum atomic E-state index is 10.3. The van der Waals surface area contributed by atoms with Gasteiger partial charge in [-0.25, -0.2) is 0 Å². The Kier molecular flexibility index (Phi) is 1.87. The van der Waals surface area contributed by atoms with Crippen molar-refractivity contribution in [1.29, 1.82) is 0 Å². The number of rotatable bonds is 2. The molecule has 1 heterocycles. The number of carbonyl (C=O) groups is 1. The highest BCUT2D eigenvalue weighted by atomic mass is 32.1. The van der Waals surface area contributed by atoms with Crippen LogP contribution in [0.3, 0.4) is 0 Å². The van der Waals surface area contributed by atoms with E-state index in [1.807, 2.05) is 24.3 Å². The molecule has 3 heteroatoms. The maximum absolute atomic E-state index is 10.3. The molecule has 0 bridgehead atoms. The fourth-order valence-corrected chi connectivity index (χ4v) is 1.95. The second-order valence-electron chi connectivity index (χ2n) is 2.49. The van der Waals surface area contributed by atoms with Crippen LogP contribution in [0.4, 0.5) is 0 Å². The topological polar surface area (TPSA) is 30.0 Å². The van der Waals surface area contributed by atoms with Crippen LogP contribution in [0, 0.1) is 0 Å². The Morgan fingerprint density at radius 3 is 3.08 bits per heavy atom. The van der Waals surface area contributed by atoms with Crippen molar-refractivity contribution in [3.63, 3.8) is 0 Å². The maximum Gasteiger partial charge on any atom is 0.125 e. The molecule has 0 aliphatic heterocycles. The Hall–Kier alpha value is -1.22. The average Bonchev–Trinajstić information content (AvgIpc) is 2.50. The lowest BCUT2D eigenvalue weighted by atomic mass is 10.2. The van der Waals surface area contributed by atoms with Gasteiger partial charge in [0, 0.05) is 16.7 Å². The van der Waals surface area contributed by atoms with Crippen LogP contribution in [0.15, 0.2) is 24.3 Å². The molecule has 0 aliphatic carbocycles. The quantitative estimate of drug-likeness (QED) is 0.657. The van der Waals surface area contributed by atoms with Crippen LogP contribution >= 0.6 is 11.5 Å². The van der Waals surface area contributed by atoms with Crippen molar-refractivity contribution in [3.8, 4) is 0 Å². The van der Waals surface area contributed by atoms with Crippen LogP contribution in [0.2, 0.25) is 0 Å². The Balaban J connectivity index is 2.62. The molecule has 60 valence electrons. The predicted octanol–water partition coefficient (Wildman–Crippen LogP) is 2.04. The number of fused-ring (bicyclic) bond motifs is 1. The smallest absolute Gasteiger partial charge is 0.125 e. The Bertz CT molecular complexity index is 408. The summed E-state index contributed by atoms with van der Waals surface area (Å²) in [7, 11) is 0. The standard InChI is InChI=1S/C9H7NOS/c11-6-5-9-7-3-1-2-4-8(7)10-12-9/h1-4,6H,5H2. The minimum atomic E-state index is 0.477. The van der Waals surface area contributed by atoms with Gasteiger partial charge < -0.3 is 4.79 Å². The van der Waals surface area contributed by atoms with Crippen molar-refractivity contribution < 1.29 is 4.79 Å². The average molecular weight is 177 g/mol. The van der Waals surface area contributed by atoms with Crippen LogP contribution in [0.5, 0.6) is 0 Å². The Morgan fingerprint density at radius 2 is 2.25 bits per heavy atom. The van der Waals surface area contributed by atoms with Crippen LogP contribution in [-0.2, 0) is 11.2 Å². The molecule has 2 rings (SSSR count). The van der Waals surface area contributed by atoms with E-state index < -0.39 is 0 Å². The van der Waals surface area contributed by atoms with Gasteiger partial charge in [0.2, 0.25) is 0 Å². The summed E-state index contributed by atoms with van der Waals surface area (Å²) >= 11 is 1.41. The second-order valence-corrected chi connectivity index (χ2v) is 3.35. The van der Waals surface area contributed by atoms with Crippen molar-refractivity contribution >= 4 is 28.7 Å². The lowest BCUT2D eigenvalue weighted by molar-refractivity contribution is -0.107. The predicted molar refractivity (Wildman–Crippen MR) is 49.4 cm³/mol. The van der Waals surface area contributed by atoms with Crippen molar-refractivity contribution in [2.24, 2.45) is 0 Å². The summed E-state index contributed by atoms with van der Waals surface area (Å²) in [5.74, 6) is 0. The number of hydrogen-bond acceptors (Lipinski definition) is 3. The first kappa shape index (κ1) is 7.43. The van der Waals surface area contributed by atoms with Gasteiger partial charge in [-0.1, -0.05) is 18.2 Å². The van der Waals surface area contributed by atoms with E-state index in [1.165, 1.54) is 11.5 Å². The number of aromatic nitrogens is 1. The molecule has 0 atom stereocenters. The SMILES string of the molecule is O=CCc1snc2ccccc12. The van der Waals surface area contributed by atoms with Gasteiger partial charge in [-0.15, -0.1) is 0 Å². The van der Waals surface area contributed by atoms with E-state index >= 15 is 0 Å². The van der Waals surface area contributed by atoms with Gasteiger partial charge in [-0.2, -0.15) is 4.37 Å². The molecule has 12 heavy (non-hydrogen) atoms. The molecule has 0 fully saturated rings. The monoisotopic (exact) mass is 177 g/mol. The number of hydrogen-bond donors (Lipinski definition) is 0. The van der Waals surface area contributed by atoms with E-state index in [1.54, 1.807) is 0 Å². The lowest BCUT2D eigenvalue weighted by Crippen LogP contribution is -1.79. The zero-order chi connectivity index (χ0) is 8.39. The summed E-state index contributed by atoms with van der Waals surface area (Å²) in [4.78, 5) is 11.4. The molecule has 0 amide bonds. The molecule has 2 nitrogen and oxygen atoms in total. The van der Waals surface area contributed by atoms with E-state index in [-0.39, 0.29) is 0 Å². The molecular weight excluding hydrogens is 170 g/mol. The molecular formula is C9H7NOS. The summed E-state index contributed by atoms with van der Waals surface area (Å²) in [6, 6.07) is 7.87. The van der Waals surface area contributed by atoms with Crippen LogP contribution < -0.4 is 0 Å². The van der Waals surface area contributed by atoms with Gasteiger partial charge >= 0.3 is 0 Å². The summed E-state index contributed by atoms with van der Waals surface area (Å²) in [5, 5.41) is 1.11. The number of benzene rings is 1. The van der Waals surface area contributed by atoms with Gasteiger partial charge in [-0.05, 0) is 17.6 Å². The van der Waals surface area contributed by atoms with Gasteiger partial charge in [0.25, 0.3) is 0 Å². The number of carbonyl (C=O) groups excluding carboxylic acids is 1. The molecule has 1 aromatic heterocycles. The fourth-order valence-electron chi connectivity index (χ4n) is 1.17. The van der Waals surface area contributed by atoms with E-state index in [4.69, 9.17) is 0 Å². The molecule has 0 spiro atoms. The highest BCUT2D eigenvalue weighted by molar-refractivity contribution is 7.07. The summed E-state index contributed by atoms with van der Waals surface area (Å²) < 4.78 is 4.22. The zero-order valence-corrected chi connectivity index (χ0v) is 7.17.